The minimum Gasteiger partial charge on any atom is -0.462 e. The fraction of sp³-hybridized carbons (Fsp3) is 0.797. The average Bonchev–Trinajstić information content (AvgIpc) is 3.36. The molecule has 1 atom stereocenters. The Morgan fingerprint density at radius 2 is 0.543 bits per heavy atom. The van der Waals surface area contributed by atoms with E-state index in [1.54, 1.807) is 0 Å². The summed E-state index contributed by atoms with van der Waals surface area (Å²) in [6.07, 6.45) is 73.7. The molecule has 0 aromatic rings. The molecule has 1 unspecified atom stereocenters. The van der Waals surface area contributed by atoms with Crippen molar-refractivity contribution in [1.82, 2.24) is 0 Å². The van der Waals surface area contributed by atoms with Gasteiger partial charge in [0.1, 0.15) is 13.2 Å². The fourth-order valence-electron chi connectivity index (χ4n) is 8.62. The lowest BCUT2D eigenvalue weighted by Gasteiger charge is -2.18. The number of carbonyl (C=O) groups excluding carboxylic acids is 3. The van der Waals surface area contributed by atoms with E-state index in [2.05, 4.69) is 81.5 Å². The molecule has 0 aliphatic heterocycles. The van der Waals surface area contributed by atoms with Crippen molar-refractivity contribution in [2.45, 2.75) is 316 Å². The van der Waals surface area contributed by atoms with E-state index < -0.39 is 6.10 Å². The second-order valence-electron chi connectivity index (χ2n) is 20.2. The lowest BCUT2D eigenvalue weighted by atomic mass is 10.1. The van der Waals surface area contributed by atoms with Crippen LogP contribution < -0.4 is 0 Å². The summed E-state index contributed by atoms with van der Waals surface area (Å²) in [6.45, 7) is 6.58. The van der Waals surface area contributed by atoms with Gasteiger partial charge in [-0.15, -0.1) is 0 Å². The molecular formula is C64H114O6. The van der Waals surface area contributed by atoms with Gasteiger partial charge in [-0.1, -0.05) is 248 Å². The first-order chi connectivity index (χ1) is 34.5. The van der Waals surface area contributed by atoms with Crippen LogP contribution in [0.2, 0.25) is 0 Å². The summed E-state index contributed by atoms with van der Waals surface area (Å²) in [5.74, 6) is -0.889. The molecule has 406 valence electrons. The van der Waals surface area contributed by atoms with Crippen LogP contribution in [0.25, 0.3) is 0 Å². The SMILES string of the molecule is CCC/C=C\CCCCCCCC(=O)OCC(COC(=O)CCCCCCCCCC/C=C\C/C=C\C/C=C\CCCCCCC)OC(=O)CCCCCCCCCCC/C=C\CCCCCCCC. The van der Waals surface area contributed by atoms with E-state index in [0.29, 0.717) is 19.3 Å². The molecule has 0 spiro atoms. The molecule has 0 saturated carbocycles. The van der Waals surface area contributed by atoms with Crippen LogP contribution in [0, 0.1) is 0 Å². The zero-order valence-corrected chi connectivity index (χ0v) is 46.5. The van der Waals surface area contributed by atoms with Crippen molar-refractivity contribution >= 4 is 17.9 Å². The van der Waals surface area contributed by atoms with Gasteiger partial charge in [-0.2, -0.15) is 0 Å². The standard InChI is InChI=1S/C64H114O6/c1-4-7-10-13-16-19-22-24-26-28-30-31-32-33-35-36-38-40-42-45-48-51-54-57-63(66)69-60-61(59-68-62(65)56-53-50-47-44-21-18-15-12-9-6-3)70-64(67)58-55-52-49-46-43-41-39-37-34-29-27-25-23-20-17-14-11-8-5-2/h12,15,22,24-25,27-28,30,32-33,61H,4-11,13-14,16-21,23,26,29,31,34-60H2,1-3H3/b15-12-,24-22-,27-25-,30-28-,33-32-. The van der Waals surface area contributed by atoms with Gasteiger partial charge in [0.05, 0.1) is 0 Å². The van der Waals surface area contributed by atoms with E-state index >= 15 is 0 Å². The van der Waals surface area contributed by atoms with Gasteiger partial charge in [-0.25, -0.2) is 0 Å². The summed E-state index contributed by atoms with van der Waals surface area (Å²) in [4.78, 5) is 38.1. The van der Waals surface area contributed by atoms with E-state index in [1.165, 1.54) is 180 Å². The number of carbonyl (C=O) groups is 3. The molecule has 6 nitrogen and oxygen atoms in total. The molecule has 0 aromatic heterocycles. The largest absolute Gasteiger partial charge is 0.462 e. The van der Waals surface area contributed by atoms with E-state index in [4.69, 9.17) is 14.2 Å². The molecule has 0 saturated heterocycles. The Bertz CT molecular complexity index is 1260. The zero-order valence-electron chi connectivity index (χ0n) is 46.5. The molecule has 0 fully saturated rings. The number of ether oxygens (including phenoxy) is 3. The lowest BCUT2D eigenvalue weighted by molar-refractivity contribution is -0.167. The molecule has 6 heteroatoms. The third-order valence-electron chi connectivity index (χ3n) is 13.2. The summed E-state index contributed by atoms with van der Waals surface area (Å²) in [5, 5.41) is 0. The van der Waals surface area contributed by atoms with Gasteiger partial charge in [0, 0.05) is 19.3 Å². The van der Waals surface area contributed by atoms with Crippen molar-refractivity contribution in [2.75, 3.05) is 13.2 Å². The maximum Gasteiger partial charge on any atom is 0.306 e. The van der Waals surface area contributed by atoms with Crippen molar-refractivity contribution in [3.8, 4) is 0 Å². The molecule has 70 heavy (non-hydrogen) atoms. The van der Waals surface area contributed by atoms with Crippen molar-refractivity contribution in [2.24, 2.45) is 0 Å². The minimum absolute atomic E-state index is 0.0805. The van der Waals surface area contributed by atoms with Crippen LogP contribution in [0.3, 0.4) is 0 Å². The molecule has 0 rings (SSSR count). The summed E-state index contributed by atoms with van der Waals surface area (Å²) in [5.41, 5.74) is 0. The highest BCUT2D eigenvalue weighted by atomic mass is 16.6. The van der Waals surface area contributed by atoms with Crippen LogP contribution in [0.15, 0.2) is 60.8 Å². The van der Waals surface area contributed by atoms with Gasteiger partial charge in [0.15, 0.2) is 6.10 Å². The first-order valence-corrected chi connectivity index (χ1v) is 30.3. The number of unbranched alkanes of at least 4 members (excludes halogenated alkanes) is 34. The number of esters is 3. The molecule has 0 heterocycles. The summed E-state index contributed by atoms with van der Waals surface area (Å²) in [6, 6.07) is 0. The Morgan fingerprint density at radius 1 is 0.286 bits per heavy atom. The van der Waals surface area contributed by atoms with Gasteiger partial charge in [-0.3, -0.25) is 14.4 Å². The second-order valence-corrected chi connectivity index (χ2v) is 20.2. The van der Waals surface area contributed by atoms with E-state index in [-0.39, 0.29) is 31.1 Å². The molecule has 0 bridgehead atoms. The van der Waals surface area contributed by atoms with Crippen LogP contribution in [0.5, 0.6) is 0 Å². The Hall–Kier alpha value is -2.89. The monoisotopic (exact) mass is 979 g/mol. The molecule has 0 amide bonds. The quantitative estimate of drug-likeness (QED) is 0.0261. The fourth-order valence-corrected chi connectivity index (χ4v) is 8.62. The molecule has 0 aliphatic rings. The zero-order chi connectivity index (χ0) is 50.7. The highest BCUT2D eigenvalue weighted by Gasteiger charge is 2.19. The van der Waals surface area contributed by atoms with Crippen molar-refractivity contribution in [3.63, 3.8) is 0 Å². The Morgan fingerprint density at radius 3 is 0.871 bits per heavy atom. The van der Waals surface area contributed by atoms with Gasteiger partial charge in [0.25, 0.3) is 0 Å². The first kappa shape index (κ1) is 67.1. The first-order valence-electron chi connectivity index (χ1n) is 30.3. The normalized spacial score (nSPS) is 12.4. The minimum atomic E-state index is -0.781. The predicted molar refractivity (Wildman–Crippen MR) is 302 cm³/mol. The van der Waals surface area contributed by atoms with Gasteiger partial charge in [0.2, 0.25) is 0 Å². The topological polar surface area (TPSA) is 78.9 Å². The molecular weight excluding hydrogens is 865 g/mol. The Kier molecular flexibility index (Phi) is 56.3. The molecule has 0 radical (unpaired) electrons. The molecule has 0 aromatic carbocycles. The van der Waals surface area contributed by atoms with Crippen LogP contribution in [0.4, 0.5) is 0 Å². The van der Waals surface area contributed by atoms with E-state index in [0.717, 1.165) is 89.9 Å². The maximum absolute atomic E-state index is 12.9. The van der Waals surface area contributed by atoms with Gasteiger partial charge < -0.3 is 14.2 Å². The number of hydrogen-bond donors (Lipinski definition) is 0. The van der Waals surface area contributed by atoms with Gasteiger partial charge in [-0.05, 0) is 103 Å². The Labute approximate surface area is 434 Å². The van der Waals surface area contributed by atoms with Crippen molar-refractivity contribution in [3.05, 3.63) is 60.8 Å². The lowest BCUT2D eigenvalue weighted by Crippen LogP contribution is -2.30. The predicted octanol–water partition coefficient (Wildman–Crippen LogP) is 20.4. The second kappa shape index (κ2) is 58.7. The third-order valence-corrected chi connectivity index (χ3v) is 13.2. The molecule has 0 aliphatic carbocycles. The third kappa shape index (κ3) is 56.0. The summed E-state index contributed by atoms with van der Waals surface area (Å²) < 4.78 is 16.9. The van der Waals surface area contributed by atoms with Crippen LogP contribution in [-0.4, -0.2) is 37.2 Å². The highest BCUT2D eigenvalue weighted by Crippen LogP contribution is 2.16. The van der Waals surface area contributed by atoms with Crippen molar-refractivity contribution < 1.29 is 28.6 Å². The smallest absolute Gasteiger partial charge is 0.306 e. The Balaban J connectivity index is 4.28. The van der Waals surface area contributed by atoms with Crippen LogP contribution in [0.1, 0.15) is 310 Å². The average molecular weight is 980 g/mol. The van der Waals surface area contributed by atoms with Crippen molar-refractivity contribution in [1.29, 1.82) is 0 Å². The van der Waals surface area contributed by atoms with E-state index in [1.807, 2.05) is 0 Å². The number of hydrogen-bond acceptors (Lipinski definition) is 6. The van der Waals surface area contributed by atoms with Crippen LogP contribution >= 0.6 is 0 Å². The molecule has 0 N–H and O–H groups in total. The maximum atomic E-state index is 12.9. The van der Waals surface area contributed by atoms with Gasteiger partial charge >= 0.3 is 17.9 Å². The highest BCUT2D eigenvalue weighted by molar-refractivity contribution is 5.71. The number of allylic oxidation sites excluding steroid dienone is 10. The summed E-state index contributed by atoms with van der Waals surface area (Å²) >= 11 is 0. The van der Waals surface area contributed by atoms with E-state index in [9.17, 15) is 14.4 Å². The van der Waals surface area contributed by atoms with Crippen LogP contribution in [-0.2, 0) is 28.6 Å². The summed E-state index contributed by atoms with van der Waals surface area (Å²) in [7, 11) is 0. The number of rotatable bonds is 55.